The van der Waals surface area contributed by atoms with Crippen LogP contribution in [0.25, 0.3) is 0 Å². The van der Waals surface area contributed by atoms with Crippen LogP contribution >= 0.6 is 12.4 Å². The van der Waals surface area contributed by atoms with Crippen molar-refractivity contribution in [1.82, 2.24) is 10.2 Å². The molecule has 1 unspecified atom stereocenters. The monoisotopic (exact) mass is 393 g/mol. The quantitative estimate of drug-likeness (QED) is 0.807. The number of halogens is 1. The molecule has 2 fully saturated rings. The maximum atomic E-state index is 12.8. The molecule has 5 nitrogen and oxygen atoms in total. The van der Waals surface area contributed by atoms with Gasteiger partial charge in [-0.05, 0) is 31.2 Å². The highest BCUT2D eigenvalue weighted by molar-refractivity contribution is 5.87. The van der Waals surface area contributed by atoms with Gasteiger partial charge in [0, 0.05) is 31.5 Å². The van der Waals surface area contributed by atoms with Crippen LogP contribution in [0, 0.1) is 5.92 Å². The zero-order valence-corrected chi connectivity index (χ0v) is 16.9. The number of nitrogens with zero attached hydrogens (tertiary/aromatic N) is 1. The molecular weight excluding hydrogens is 362 g/mol. The van der Waals surface area contributed by atoms with E-state index in [0.717, 1.165) is 12.8 Å². The minimum Gasteiger partial charge on any atom is -0.345 e. The van der Waals surface area contributed by atoms with Crippen molar-refractivity contribution in [2.45, 2.75) is 63.5 Å². The van der Waals surface area contributed by atoms with E-state index < -0.39 is 6.04 Å². The molecule has 0 bridgehead atoms. The molecule has 2 aliphatic rings. The third kappa shape index (κ3) is 5.69. The number of hydrogen-bond acceptors (Lipinski definition) is 3. The molecule has 1 heterocycles. The van der Waals surface area contributed by atoms with E-state index in [-0.39, 0.29) is 36.2 Å². The van der Waals surface area contributed by atoms with Crippen molar-refractivity contribution >= 4 is 24.2 Å². The van der Waals surface area contributed by atoms with Crippen LogP contribution in [0.2, 0.25) is 0 Å². The van der Waals surface area contributed by atoms with Gasteiger partial charge in [-0.25, -0.2) is 0 Å². The molecular formula is C21H32ClN3O2. The van der Waals surface area contributed by atoms with Crippen LogP contribution in [0.3, 0.4) is 0 Å². The van der Waals surface area contributed by atoms with Crippen molar-refractivity contribution in [2.75, 3.05) is 13.1 Å². The number of carbonyl (C=O) groups excluding carboxylic acids is 2. The zero-order valence-electron chi connectivity index (χ0n) is 16.1. The Balaban J connectivity index is 0.00000261. The minimum atomic E-state index is -0.493. The van der Waals surface area contributed by atoms with E-state index in [1.54, 1.807) is 11.8 Å². The summed E-state index contributed by atoms with van der Waals surface area (Å²) >= 11 is 0. The molecule has 27 heavy (non-hydrogen) atoms. The molecule has 0 spiro atoms. The van der Waals surface area contributed by atoms with Gasteiger partial charge in [0.2, 0.25) is 11.8 Å². The maximum absolute atomic E-state index is 12.8. The zero-order chi connectivity index (χ0) is 18.5. The van der Waals surface area contributed by atoms with Gasteiger partial charge in [-0.3, -0.25) is 9.59 Å². The second-order valence-corrected chi connectivity index (χ2v) is 7.92. The standard InChI is InChI=1S/C21H31N3O2.ClH/c1-15(23-20(25)12-16-8-4-2-5-9-16)21(26)24-13-18(19(22)14-24)17-10-6-3-7-11-17;/h3,6-7,10-11,15-16,18-19H,2,4-5,8-9,12-14,22H2,1H3,(H,23,25);1H/t15?,18-,19+;/m0./s1. The first-order valence-corrected chi connectivity index (χ1v) is 9.93. The number of rotatable bonds is 5. The lowest BCUT2D eigenvalue weighted by Gasteiger charge is -2.24. The summed E-state index contributed by atoms with van der Waals surface area (Å²) in [4.78, 5) is 26.8. The van der Waals surface area contributed by atoms with Gasteiger partial charge in [0.1, 0.15) is 6.04 Å². The fourth-order valence-corrected chi connectivity index (χ4v) is 4.35. The van der Waals surface area contributed by atoms with E-state index in [1.807, 2.05) is 18.2 Å². The maximum Gasteiger partial charge on any atom is 0.244 e. The Kier molecular flexibility index (Phi) is 8.11. The first-order valence-electron chi connectivity index (χ1n) is 9.93. The van der Waals surface area contributed by atoms with E-state index in [1.165, 1.54) is 24.8 Å². The summed E-state index contributed by atoms with van der Waals surface area (Å²) in [6.07, 6.45) is 6.54. The number of amides is 2. The molecule has 1 aromatic carbocycles. The average Bonchev–Trinajstić information content (AvgIpc) is 3.04. The average molecular weight is 394 g/mol. The highest BCUT2D eigenvalue weighted by Crippen LogP contribution is 2.27. The summed E-state index contributed by atoms with van der Waals surface area (Å²) in [5.74, 6) is 0.607. The smallest absolute Gasteiger partial charge is 0.244 e. The number of hydrogen-bond donors (Lipinski definition) is 2. The fourth-order valence-electron chi connectivity index (χ4n) is 4.35. The molecule has 3 atom stereocenters. The summed E-state index contributed by atoms with van der Waals surface area (Å²) in [6, 6.07) is 9.55. The molecule has 1 saturated carbocycles. The van der Waals surface area contributed by atoms with E-state index in [2.05, 4.69) is 17.4 Å². The predicted molar refractivity (Wildman–Crippen MR) is 110 cm³/mol. The molecule has 1 aliphatic heterocycles. The summed E-state index contributed by atoms with van der Waals surface area (Å²) < 4.78 is 0. The Bertz CT molecular complexity index is 619. The highest BCUT2D eigenvalue weighted by Gasteiger charge is 2.35. The van der Waals surface area contributed by atoms with Crippen molar-refractivity contribution in [3.63, 3.8) is 0 Å². The van der Waals surface area contributed by atoms with Crippen LogP contribution in [0.15, 0.2) is 30.3 Å². The Morgan fingerprint density at radius 1 is 1.15 bits per heavy atom. The van der Waals surface area contributed by atoms with Crippen molar-refractivity contribution in [2.24, 2.45) is 11.7 Å². The number of likely N-dealkylation sites (tertiary alicyclic amines) is 1. The first-order chi connectivity index (χ1) is 12.5. The lowest BCUT2D eigenvalue weighted by Crippen LogP contribution is -2.47. The molecule has 150 valence electrons. The van der Waals surface area contributed by atoms with Crippen molar-refractivity contribution < 1.29 is 9.59 Å². The van der Waals surface area contributed by atoms with Crippen molar-refractivity contribution in [3.05, 3.63) is 35.9 Å². The molecule has 0 aromatic heterocycles. The van der Waals surface area contributed by atoms with Crippen molar-refractivity contribution in [3.8, 4) is 0 Å². The van der Waals surface area contributed by atoms with Crippen LogP contribution < -0.4 is 11.1 Å². The normalized spacial score (nSPS) is 24.1. The molecule has 6 heteroatoms. The number of nitrogens with two attached hydrogens (primary N) is 1. The fraction of sp³-hybridized carbons (Fsp3) is 0.619. The van der Waals surface area contributed by atoms with E-state index in [9.17, 15) is 9.59 Å². The van der Waals surface area contributed by atoms with E-state index >= 15 is 0 Å². The lowest BCUT2D eigenvalue weighted by atomic mass is 9.87. The highest BCUT2D eigenvalue weighted by atomic mass is 35.5. The molecule has 1 aliphatic carbocycles. The van der Waals surface area contributed by atoms with Crippen molar-refractivity contribution in [1.29, 1.82) is 0 Å². The second kappa shape index (κ2) is 10.1. The van der Waals surface area contributed by atoms with Gasteiger partial charge in [0.05, 0.1) is 0 Å². The summed E-state index contributed by atoms with van der Waals surface area (Å²) in [5.41, 5.74) is 7.45. The molecule has 3 rings (SSSR count). The van der Waals surface area contributed by atoms with Gasteiger partial charge >= 0.3 is 0 Å². The van der Waals surface area contributed by atoms with Crippen LogP contribution in [0.4, 0.5) is 0 Å². The summed E-state index contributed by atoms with van der Waals surface area (Å²) in [7, 11) is 0. The van der Waals surface area contributed by atoms with E-state index in [4.69, 9.17) is 5.73 Å². The summed E-state index contributed by atoms with van der Waals surface area (Å²) in [6.45, 7) is 2.94. The number of benzene rings is 1. The van der Waals surface area contributed by atoms with Crippen LogP contribution in [-0.4, -0.2) is 41.9 Å². The third-order valence-corrected chi connectivity index (χ3v) is 5.85. The Morgan fingerprint density at radius 3 is 2.48 bits per heavy atom. The van der Waals surface area contributed by atoms with Gasteiger partial charge in [-0.15, -0.1) is 12.4 Å². The minimum absolute atomic E-state index is 0. The van der Waals surface area contributed by atoms with Gasteiger partial charge in [0.25, 0.3) is 0 Å². The SMILES string of the molecule is CC(NC(=O)CC1CCCCC1)C(=O)N1C[C@@H](N)[C@H](c2ccccc2)C1.Cl. The molecule has 1 saturated heterocycles. The van der Waals surface area contributed by atoms with Gasteiger partial charge in [-0.1, -0.05) is 49.6 Å². The lowest BCUT2D eigenvalue weighted by molar-refractivity contribution is -0.135. The Labute approximate surface area is 168 Å². The largest absolute Gasteiger partial charge is 0.345 e. The second-order valence-electron chi connectivity index (χ2n) is 7.92. The third-order valence-electron chi connectivity index (χ3n) is 5.85. The Hall–Kier alpha value is -1.59. The molecule has 0 radical (unpaired) electrons. The van der Waals surface area contributed by atoms with Crippen LogP contribution in [-0.2, 0) is 9.59 Å². The van der Waals surface area contributed by atoms with Gasteiger partial charge < -0.3 is 16.0 Å². The Morgan fingerprint density at radius 2 is 1.81 bits per heavy atom. The number of carbonyl (C=O) groups is 2. The molecule has 3 N–H and O–H groups in total. The van der Waals surface area contributed by atoms with Gasteiger partial charge in [-0.2, -0.15) is 0 Å². The van der Waals surface area contributed by atoms with Crippen LogP contribution in [0.1, 0.15) is 56.9 Å². The molecule has 2 amide bonds. The number of nitrogens with one attached hydrogen (secondary N) is 1. The topological polar surface area (TPSA) is 75.4 Å². The van der Waals surface area contributed by atoms with Crippen LogP contribution in [0.5, 0.6) is 0 Å². The first kappa shape index (κ1) is 21.7. The van der Waals surface area contributed by atoms with Gasteiger partial charge in [0.15, 0.2) is 0 Å². The summed E-state index contributed by atoms with van der Waals surface area (Å²) in [5, 5.41) is 2.90. The predicted octanol–water partition coefficient (Wildman–Crippen LogP) is 2.84. The molecule has 1 aromatic rings. The van der Waals surface area contributed by atoms with E-state index in [0.29, 0.717) is 25.4 Å².